The van der Waals surface area contributed by atoms with Crippen LogP contribution in [0.3, 0.4) is 0 Å². The van der Waals surface area contributed by atoms with Gasteiger partial charge in [0.15, 0.2) is 11.0 Å². The second kappa shape index (κ2) is 10.9. The summed E-state index contributed by atoms with van der Waals surface area (Å²) in [5, 5.41) is 21.2. The van der Waals surface area contributed by atoms with E-state index in [1.165, 1.54) is 29.5 Å². The van der Waals surface area contributed by atoms with E-state index in [4.69, 9.17) is 9.84 Å². The lowest BCUT2D eigenvalue weighted by Gasteiger charge is -2.19. The lowest BCUT2D eigenvalue weighted by molar-refractivity contribution is -0.113. The highest BCUT2D eigenvalue weighted by Gasteiger charge is 2.19. The van der Waals surface area contributed by atoms with Gasteiger partial charge in [-0.3, -0.25) is 9.36 Å². The lowest BCUT2D eigenvalue weighted by Crippen LogP contribution is -2.14. The molecule has 37 heavy (non-hydrogen) atoms. The molecule has 4 rings (SSSR count). The molecule has 0 unspecified atom stereocenters. The average molecular weight is 517 g/mol. The first kappa shape index (κ1) is 26.0. The second-order valence-electron chi connectivity index (χ2n) is 9.39. The summed E-state index contributed by atoms with van der Waals surface area (Å²) in [6.07, 6.45) is 0. The van der Waals surface area contributed by atoms with Crippen molar-refractivity contribution in [1.82, 2.24) is 14.8 Å². The summed E-state index contributed by atoms with van der Waals surface area (Å²) in [6.45, 7) is 6.51. The summed E-state index contributed by atoms with van der Waals surface area (Å²) in [5.41, 5.74) is 3.67. The van der Waals surface area contributed by atoms with E-state index in [9.17, 15) is 9.59 Å². The Balaban J connectivity index is 1.58. The summed E-state index contributed by atoms with van der Waals surface area (Å²) >= 11 is 1.26. The standard InChI is InChI=1S/C28H28N4O4S/c1-28(2,3)20-9-5-18(6-10-20)25-30-31-27(32(25)22-13-15-23(36-4)16-14-22)37-17-24(33)29-21-11-7-19(8-12-21)26(34)35/h5-16H,17H2,1-4H3,(H,29,33)(H,34,35). The topological polar surface area (TPSA) is 106 Å². The number of nitrogens with zero attached hydrogens (tertiary/aromatic N) is 3. The number of thioether (sulfide) groups is 1. The number of hydrogen-bond acceptors (Lipinski definition) is 6. The van der Waals surface area contributed by atoms with Gasteiger partial charge in [-0.15, -0.1) is 10.2 Å². The van der Waals surface area contributed by atoms with Crippen molar-refractivity contribution in [3.05, 3.63) is 83.9 Å². The predicted molar refractivity (Wildman–Crippen MR) is 145 cm³/mol. The van der Waals surface area contributed by atoms with Gasteiger partial charge in [0.2, 0.25) is 5.91 Å². The first-order valence-electron chi connectivity index (χ1n) is 11.6. The van der Waals surface area contributed by atoms with Crippen molar-refractivity contribution in [1.29, 1.82) is 0 Å². The fourth-order valence-corrected chi connectivity index (χ4v) is 4.41. The number of hydrogen-bond donors (Lipinski definition) is 2. The summed E-state index contributed by atoms with van der Waals surface area (Å²) < 4.78 is 7.22. The SMILES string of the molecule is COc1ccc(-n2c(SCC(=O)Nc3ccc(C(=O)O)cc3)nnc2-c2ccc(C(C)(C)C)cc2)cc1. The molecule has 3 aromatic carbocycles. The number of carbonyl (C=O) groups is 2. The highest BCUT2D eigenvalue weighted by molar-refractivity contribution is 7.99. The molecule has 1 aromatic heterocycles. The maximum atomic E-state index is 12.6. The first-order valence-corrected chi connectivity index (χ1v) is 12.6. The Kier molecular flexibility index (Phi) is 7.63. The van der Waals surface area contributed by atoms with Crippen LogP contribution in [0.5, 0.6) is 5.75 Å². The van der Waals surface area contributed by atoms with Crippen LogP contribution in [0.15, 0.2) is 78.0 Å². The number of rotatable bonds is 8. The Morgan fingerprint density at radius 2 is 1.59 bits per heavy atom. The monoisotopic (exact) mass is 516 g/mol. The van der Waals surface area contributed by atoms with Crippen LogP contribution in [0.1, 0.15) is 36.7 Å². The van der Waals surface area contributed by atoms with Gasteiger partial charge in [0, 0.05) is 16.9 Å². The van der Waals surface area contributed by atoms with Gasteiger partial charge in [0.05, 0.1) is 18.4 Å². The van der Waals surface area contributed by atoms with Gasteiger partial charge >= 0.3 is 5.97 Å². The Labute approximate surface area is 219 Å². The van der Waals surface area contributed by atoms with E-state index in [1.807, 2.05) is 41.0 Å². The zero-order chi connectivity index (χ0) is 26.6. The number of benzene rings is 3. The highest BCUT2D eigenvalue weighted by Crippen LogP contribution is 2.31. The number of aromatic nitrogens is 3. The molecule has 0 fully saturated rings. The van der Waals surface area contributed by atoms with Crippen molar-refractivity contribution in [2.75, 3.05) is 18.2 Å². The molecule has 1 amide bonds. The van der Waals surface area contributed by atoms with E-state index in [0.717, 1.165) is 17.0 Å². The number of carbonyl (C=O) groups excluding carboxylic acids is 1. The molecule has 0 radical (unpaired) electrons. The molecule has 2 N–H and O–H groups in total. The third-order valence-electron chi connectivity index (χ3n) is 5.72. The average Bonchev–Trinajstić information content (AvgIpc) is 3.31. The number of carboxylic acids is 1. The van der Waals surface area contributed by atoms with Crippen LogP contribution in [-0.4, -0.2) is 44.6 Å². The van der Waals surface area contributed by atoms with Crippen LogP contribution in [0.25, 0.3) is 17.1 Å². The summed E-state index contributed by atoms with van der Waals surface area (Å²) in [6, 6.07) is 21.8. The quantitative estimate of drug-likeness (QED) is 0.291. The molecule has 0 bridgehead atoms. The largest absolute Gasteiger partial charge is 0.497 e. The molecule has 0 spiro atoms. The fraction of sp³-hybridized carbons (Fsp3) is 0.214. The molecular formula is C28H28N4O4S. The van der Waals surface area contributed by atoms with Crippen LogP contribution in [-0.2, 0) is 10.2 Å². The molecule has 1 heterocycles. The van der Waals surface area contributed by atoms with Crippen LogP contribution >= 0.6 is 11.8 Å². The Bertz CT molecular complexity index is 1390. The normalized spacial score (nSPS) is 11.2. The van der Waals surface area contributed by atoms with Crippen molar-refractivity contribution in [2.24, 2.45) is 0 Å². The Morgan fingerprint density at radius 1 is 0.946 bits per heavy atom. The van der Waals surface area contributed by atoms with E-state index in [0.29, 0.717) is 16.7 Å². The van der Waals surface area contributed by atoms with E-state index >= 15 is 0 Å². The van der Waals surface area contributed by atoms with Gasteiger partial charge in [-0.1, -0.05) is 56.8 Å². The maximum absolute atomic E-state index is 12.6. The molecule has 190 valence electrons. The first-order chi connectivity index (χ1) is 17.7. The van der Waals surface area contributed by atoms with E-state index in [2.05, 4.69) is 48.4 Å². The van der Waals surface area contributed by atoms with E-state index in [1.54, 1.807) is 19.2 Å². The predicted octanol–water partition coefficient (Wildman–Crippen LogP) is 5.67. The van der Waals surface area contributed by atoms with Gasteiger partial charge in [-0.2, -0.15) is 0 Å². The molecule has 0 aliphatic rings. The summed E-state index contributed by atoms with van der Waals surface area (Å²) in [7, 11) is 1.62. The number of nitrogens with one attached hydrogen (secondary N) is 1. The molecule has 0 saturated heterocycles. The smallest absolute Gasteiger partial charge is 0.335 e. The lowest BCUT2D eigenvalue weighted by atomic mass is 9.87. The second-order valence-corrected chi connectivity index (χ2v) is 10.3. The van der Waals surface area contributed by atoms with Crippen molar-refractivity contribution < 1.29 is 19.4 Å². The van der Waals surface area contributed by atoms with Crippen LogP contribution in [0.2, 0.25) is 0 Å². The number of carboxylic acid groups (broad SMARTS) is 1. The van der Waals surface area contributed by atoms with E-state index in [-0.39, 0.29) is 22.6 Å². The maximum Gasteiger partial charge on any atom is 0.335 e. The van der Waals surface area contributed by atoms with Crippen LogP contribution < -0.4 is 10.1 Å². The number of amides is 1. The van der Waals surface area contributed by atoms with Gasteiger partial charge in [0.25, 0.3) is 0 Å². The minimum Gasteiger partial charge on any atom is -0.497 e. The van der Waals surface area contributed by atoms with Crippen LogP contribution in [0.4, 0.5) is 5.69 Å². The van der Waals surface area contributed by atoms with Gasteiger partial charge in [0.1, 0.15) is 5.75 Å². The van der Waals surface area contributed by atoms with Gasteiger partial charge in [-0.05, 0) is 59.5 Å². The minimum absolute atomic E-state index is 0.0322. The zero-order valence-corrected chi connectivity index (χ0v) is 21.9. The molecule has 8 nitrogen and oxygen atoms in total. The molecule has 9 heteroatoms. The Morgan fingerprint density at radius 3 is 2.16 bits per heavy atom. The summed E-state index contributed by atoms with van der Waals surface area (Å²) in [5.74, 6) is 0.231. The van der Waals surface area contributed by atoms with Crippen molar-refractivity contribution in [3.63, 3.8) is 0 Å². The fourth-order valence-electron chi connectivity index (χ4n) is 3.66. The molecule has 0 aliphatic carbocycles. The van der Waals surface area contributed by atoms with Crippen molar-refractivity contribution >= 4 is 29.3 Å². The Hall–Kier alpha value is -4.11. The number of methoxy groups -OCH3 is 1. The van der Waals surface area contributed by atoms with Gasteiger partial charge < -0.3 is 15.2 Å². The molecule has 4 aromatic rings. The van der Waals surface area contributed by atoms with Crippen molar-refractivity contribution in [3.8, 4) is 22.8 Å². The third kappa shape index (κ3) is 6.18. The van der Waals surface area contributed by atoms with Crippen LogP contribution in [0, 0.1) is 0 Å². The molecule has 0 atom stereocenters. The highest BCUT2D eigenvalue weighted by atomic mass is 32.2. The molecule has 0 aliphatic heterocycles. The minimum atomic E-state index is -1.02. The number of ether oxygens (including phenoxy) is 1. The summed E-state index contributed by atoms with van der Waals surface area (Å²) in [4.78, 5) is 23.7. The number of anilines is 1. The zero-order valence-electron chi connectivity index (χ0n) is 21.1. The molecule has 0 saturated carbocycles. The third-order valence-corrected chi connectivity index (χ3v) is 6.65. The molecular weight excluding hydrogens is 488 g/mol. The van der Waals surface area contributed by atoms with Gasteiger partial charge in [-0.25, -0.2) is 4.79 Å². The van der Waals surface area contributed by atoms with Crippen molar-refractivity contribution in [2.45, 2.75) is 31.3 Å². The van der Waals surface area contributed by atoms with E-state index < -0.39 is 5.97 Å². The number of aromatic carboxylic acids is 1.